The molecule has 3 aromatic rings. The van der Waals surface area contributed by atoms with Crippen molar-refractivity contribution in [2.75, 3.05) is 14.2 Å². The monoisotopic (exact) mass is 498 g/mol. The Balaban J connectivity index is 1.97. The zero-order valence-electron chi connectivity index (χ0n) is 20.1. The lowest BCUT2D eigenvalue weighted by molar-refractivity contribution is 0.414. The maximum Gasteiger partial charge on any atom is 0.157 e. The molecule has 0 spiro atoms. The second-order valence-corrected chi connectivity index (χ2v) is 12.1. The van der Waals surface area contributed by atoms with E-state index in [0.717, 1.165) is 27.5 Å². The molecule has 0 aliphatic heterocycles. The standard InChI is InChI=1S/C28H34O4S2/c1-5-7-21(2)28(20-26-8-6-17-33-26)34(29,30)27(18-22-9-13-24(31-3)14-10-22)19-23-11-15-25(32-4)16-12-23/h5-6,8-17,21,27-28H,1,7,18-20H2,2-4H3/t21-,28-/m0/s1. The minimum absolute atomic E-state index is 0.0289. The smallest absolute Gasteiger partial charge is 0.157 e. The van der Waals surface area contributed by atoms with Crippen LogP contribution in [0.5, 0.6) is 11.5 Å². The number of sulfone groups is 1. The van der Waals surface area contributed by atoms with Gasteiger partial charge in [-0.15, -0.1) is 17.9 Å². The van der Waals surface area contributed by atoms with Crippen LogP contribution in [0, 0.1) is 5.92 Å². The maximum absolute atomic E-state index is 14.2. The third-order valence-corrected chi connectivity index (χ3v) is 9.92. The topological polar surface area (TPSA) is 52.6 Å². The predicted octanol–water partition coefficient (Wildman–Crippen LogP) is 6.16. The summed E-state index contributed by atoms with van der Waals surface area (Å²) in [5.41, 5.74) is 1.96. The summed E-state index contributed by atoms with van der Waals surface area (Å²) in [5.74, 6) is 1.49. The summed E-state index contributed by atoms with van der Waals surface area (Å²) in [6, 6.07) is 19.4. The minimum Gasteiger partial charge on any atom is -0.497 e. The van der Waals surface area contributed by atoms with E-state index in [1.165, 1.54) is 0 Å². The van der Waals surface area contributed by atoms with Gasteiger partial charge in [-0.1, -0.05) is 43.3 Å². The van der Waals surface area contributed by atoms with Crippen molar-refractivity contribution in [3.63, 3.8) is 0 Å². The molecule has 0 saturated carbocycles. The van der Waals surface area contributed by atoms with E-state index in [1.54, 1.807) is 25.6 Å². The molecule has 0 aliphatic carbocycles. The van der Waals surface area contributed by atoms with Crippen molar-refractivity contribution in [3.05, 3.63) is 94.7 Å². The molecule has 0 aliphatic rings. The van der Waals surface area contributed by atoms with Crippen molar-refractivity contribution in [2.24, 2.45) is 5.92 Å². The Morgan fingerprint density at radius 1 is 0.882 bits per heavy atom. The lowest BCUT2D eigenvalue weighted by atomic mass is 10.0. The first-order chi connectivity index (χ1) is 16.4. The molecule has 0 saturated heterocycles. The summed E-state index contributed by atoms with van der Waals surface area (Å²) < 4.78 is 39.1. The van der Waals surface area contributed by atoms with Gasteiger partial charge in [0.15, 0.2) is 9.84 Å². The second kappa shape index (κ2) is 12.2. The van der Waals surface area contributed by atoms with E-state index in [2.05, 4.69) is 6.58 Å². The van der Waals surface area contributed by atoms with Gasteiger partial charge < -0.3 is 9.47 Å². The van der Waals surface area contributed by atoms with E-state index >= 15 is 0 Å². The molecule has 2 aromatic carbocycles. The Morgan fingerprint density at radius 2 is 1.41 bits per heavy atom. The van der Waals surface area contributed by atoms with Gasteiger partial charge in [0.2, 0.25) is 0 Å². The van der Waals surface area contributed by atoms with Gasteiger partial charge in [0.1, 0.15) is 11.5 Å². The minimum atomic E-state index is -3.49. The van der Waals surface area contributed by atoms with Crippen LogP contribution in [0.2, 0.25) is 0 Å². The highest BCUT2D eigenvalue weighted by Gasteiger charge is 2.37. The molecule has 1 aromatic heterocycles. The first kappa shape index (κ1) is 26.0. The van der Waals surface area contributed by atoms with Gasteiger partial charge in [-0.3, -0.25) is 0 Å². The molecule has 34 heavy (non-hydrogen) atoms. The van der Waals surface area contributed by atoms with E-state index in [9.17, 15) is 8.42 Å². The number of allylic oxidation sites excluding steroid dienone is 1. The average Bonchev–Trinajstić information content (AvgIpc) is 3.36. The molecule has 6 heteroatoms. The van der Waals surface area contributed by atoms with E-state index in [1.807, 2.05) is 79.0 Å². The van der Waals surface area contributed by atoms with E-state index in [4.69, 9.17) is 9.47 Å². The summed E-state index contributed by atoms with van der Waals surface area (Å²) in [4.78, 5) is 1.09. The third kappa shape index (κ3) is 6.73. The Labute approximate surface area is 208 Å². The van der Waals surface area contributed by atoms with Gasteiger partial charge in [-0.05, 0) is 78.4 Å². The number of thiophene rings is 1. The van der Waals surface area contributed by atoms with Crippen molar-refractivity contribution in [3.8, 4) is 11.5 Å². The number of hydrogen-bond donors (Lipinski definition) is 0. The van der Waals surface area contributed by atoms with Crippen LogP contribution in [-0.4, -0.2) is 33.1 Å². The van der Waals surface area contributed by atoms with Gasteiger partial charge >= 0.3 is 0 Å². The Bertz CT molecular complexity index is 1070. The zero-order valence-corrected chi connectivity index (χ0v) is 21.8. The van der Waals surface area contributed by atoms with Gasteiger partial charge in [-0.2, -0.15) is 0 Å². The van der Waals surface area contributed by atoms with Gasteiger partial charge in [0.25, 0.3) is 0 Å². The summed E-state index contributed by atoms with van der Waals surface area (Å²) in [6.07, 6.45) is 3.90. The summed E-state index contributed by atoms with van der Waals surface area (Å²) in [6.45, 7) is 5.88. The third-order valence-electron chi connectivity index (χ3n) is 6.29. The first-order valence-electron chi connectivity index (χ1n) is 11.5. The van der Waals surface area contributed by atoms with Crippen LogP contribution in [0.15, 0.2) is 78.7 Å². The van der Waals surface area contributed by atoms with Crippen LogP contribution in [0.3, 0.4) is 0 Å². The van der Waals surface area contributed by atoms with Crippen LogP contribution in [0.25, 0.3) is 0 Å². The second-order valence-electron chi connectivity index (χ2n) is 8.64. The van der Waals surface area contributed by atoms with Crippen LogP contribution in [-0.2, 0) is 29.1 Å². The summed E-state index contributed by atoms with van der Waals surface area (Å²) in [5, 5.41) is 0.973. The highest BCUT2D eigenvalue weighted by atomic mass is 32.2. The molecule has 0 amide bonds. The Morgan fingerprint density at radius 3 is 1.82 bits per heavy atom. The fourth-order valence-corrected chi connectivity index (χ4v) is 7.67. The first-order valence-corrected chi connectivity index (χ1v) is 14.0. The molecule has 0 bridgehead atoms. The van der Waals surface area contributed by atoms with E-state index < -0.39 is 20.3 Å². The van der Waals surface area contributed by atoms with Crippen molar-refractivity contribution in [2.45, 2.75) is 43.1 Å². The molecule has 182 valence electrons. The number of methoxy groups -OCH3 is 2. The molecular weight excluding hydrogens is 464 g/mol. The number of ether oxygens (including phenoxy) is 2. The fraction of sp³-hybridized carbons (Fsp3) is 0.357. The quantitative estimate of drug-likeness (QED) is 0.265. The highest BCUT2D eigenvalue weighted by molar-refractivity contribution is 7.92. The Hall–Kier alpha value is -2.57. The molecule has 0 radical (unpaired) electrons. The fourth-order valence-electron chi connectivity index (χ4n) is 4.28. The molecule has 0 unspecified atom stereocenters. The van der Waals surface area contributed by atoms with E-state index in [0.29, 0.717) is 25.7 Å². The Kier molecular flexibility index (Phi) is 9.36. The van der Waals surface area contributed by atoms with Crippen LogP contribution >= 0.6 is 11.3 Å². The SMILES string of the molecule is C=CC[C@H](C)[C@H](Cc1cccs1)S(=O)(=O)C(Cc1ccc(OC)cc1)Cc1ccc(OC)cc1. The predicted molar refractivity (Wildman–Crippen MR) is 142 cm³/mol. The van der Waals surface area contributed by atoms with Crippen molar-refractivity contribution < 1.29 is 17.9 Å². The van der Waals surface area contributed by atoms with Gasteiger partial charge in [-0.25, -0.2) is 8.42 Å². The van der Waals surface area contributed by atoms with Crippen molar-refractivity contribution in [1.29, 1.82) is 0 Å². The maximum atomic E-state index is 14.2. The molecule has 0 fully saturated rings. The molecule has 2 atom stereocenters. The highest BCUT2D eigenvalue weighted by Crippen LogP contribution is 2.30. The normalized spacial score (nSPS) is 13.4. The van der Waals surface area contributed by atoms with Gasteiger partial charge in [0.05, 0.1) is 24.7 Å². The number of benzene rings is 2. The van der Waals surface area contributed by atoms with E-state index in [-0.39, 0.29) is 5.92 Å². The lowest BCUT2D eigenvalue weighted by Gasteiger charge is -2.28. The lowest BCUT2D eigenvalue weighted by Crippen LogP contribution is -2.40. The summed E-state index contributed by atoms with van der Waals surface area (Å²) in [7, 11) is -0.238. The molecule has 1 heterocycles. The molecule has 4 nitrogen and oxygen atoms in total. The van der Waals surface area contributed by atoms with Gasteiger partial charge in [0, 0.05) is 4.88 Å². The molecular formula is C28H34O4S2. The molecule has 3 rings (SSSR count). The van der Waals surface area contributed by atoms with Crippen LogP contribution in [0.1, 0.15) is 29.3 Å². The van der Waals surface area contributed by atoms with Crippen molar-refractivity contribution in [1.82, 2.24) is 0 Å². The van der Waals surface area contributed by atoms with Crippen LogP contribution in [0.4, 0.5) is 0 Å². The average molecular weight is 499 g/mol. The zero-order chi connectivity index (χ0) is 24.6. The summed E-state index contributed by atoms with van der Waals surface area (Å²) >= 11 is 1.61. The number of rotatable bonds is 13. The van der Waals surface area contributed by atoms with Crippen molar-refractivity contribution >= 4 is 21.2 Å². The largest absolute Gasteiger partial charge is 0.497 e. The van der Waals surface area contributed by atoms with Crippen LogP contribution < -0.4 is 9.47 Å². The number of hydrogen-bond acceptors (Lipinski definition) is 5. The molecule has 0 N–H and O–H groups in total.